The average Bonchev–Trinajstić information content (AvgIpc) is 3.21. The number of hydrogen-bond acceptors (Lipinski definition) is 8. The first-order valence-electron chi connectivity index (χ1n) is 10.9. The highest BCUT2D eigenvalue weighted by molar-refractivity contribution is 6.35. The summed E-state index contributed by atoms with van der Waals surface area (Å²) in [7, 11) is 3.81. The largest absolute Gasteiger partial charge is 0.361 e. The number of imidazole rings is 1. The molecule has 0 amide bonds. The van der Waals surface area contributed by atoms with Crippen molar-refractivity contribution >= 4 is 40.2 Å². The van der Waals surface area contributed by atoms with Crippen LogP contribution in [0.2, 0.25) is 5.02 Å². The molecule has 170 valence electrons. The van der Waals surface area contributed by atoms with E-state index in [1.165, 1.54) is 11.9 Å². The lowest BCUT2D eigenvalue weighted by Crippen LogP contribution is -2.42. The molecule has 0 atom stereocenters. The number of halogens is 1. The summed E-state index contributed by atoms with van der Waals surface area (Å²) >= 11 is 6.57. The molecule has 1 aromatic carbocycles. The van der Waals surface area contributed by atoms with E-state index in [0.29, 0.717) is 22.5 Å². The maximum absolute atomic E-state index is 6.57. The first-order chi connectivity index (χ1) is 16.1. The van der Waals surface area contributed by atoms with Gasteiger partial charge in [0.05, 0.1) is 16.7 Å². The van der Waals surface area contributed by atoms with Crippen LogP contribution in [-0.2, 0) is 6.54 Å². The summed E-state index contributed by atoms with van der Waals surface area (Å²) in [5, 5.41) is 7.20. The number of benzene rings is 1. The van der Waals surface area contributed by atoms with Crippen molar-refractivity contribution in [2.24, 2.45) is 0 Å². The molecule has 3 aromatic heterocycles. The lowest BCUT2D eigenvalue weighted by Gasteiger charge is -2.27. The third kappa shape index (κ3) is 4.75. The SMILES string of the molecule is CN(C)c1ncnc(-c2ccc3nc(Nc4cc(CN5CCNCC5)ccn4)[nH]c3c2)c1Cl. The number of fused-ring (bicyclic) bond motifs is 1. The van der Waals surface area contributed by atoms with Gasteiger partial charge in [-0.05, 0) is 29.8 Å². The molecule has 9 nitrogen and oxygen atoms in total. The summed E-state index contributed by atoms with van der Waals surface area (Å²) in [5.74, 6) is 2.08. The van der Waals surface area contributed by atoms with Crippen molar-refractivity contribution in [2.45, 2.75) is 6.54 Å². The molecule has 4 heterocycles. The van der Waals surface area contributed by atoms with Crippen molar-refractivity contribution in [1.29, 1.82) is 0 Å². The Morgan fingerprint density at radius 1 is 1.09 bits per heavy atom. The van der Waals surface area contributed by atoms with E-state index in [0.717, 1.165) is 55.1 Å². The standard InChI is InChI=1S/C23H26ClN9/c1-32(2)22-20(24)21(27-14-28-22)16-3-4-17-18(12-16)30-23(29-17)31-19-11-15(5-6-26-19)13-33-9-7-25-8-10-33/h3-6,11-12,14,25H,7-10,13H2,1-2H3,(H2,26,29,30,31). The molecule has 1 fully saturated rings. The molecule has 0 radical (unpaired) electrons. The fourth-order valence-electron chi connectivity index (χ4n) is 3.98. The summed E-state index contributed by atoms with van der Waals surface area (Å²) < 4.78 is 0. The highest BCUT2D eigenvalue weighted by atomic mass is 35.5. The van der Waals surface area contributed by atoms with Crippen LogP contribution >= 0.6 is 11.6 Å². The molecular formula is C23H26ClN9. The maximum Gasteiger partial charge on any atom is 0.206 e. The molecule has 3 N–H and O–H groups in total. The van der Waals surface area contributed by atoms with Crippen molar-refractivity contribution in [3.05, 3.63) is 53.4 Å². The number of rotatable bonds is 6. The van der Waals surface area contributed by atoms with E-state index in [9.17, 15) is 0 Å². The quantitative estimate of drug-likeness (QED) is 0.400. The monoisotopic (exact) mass is 463 g/mol. The molecule has 33 heavy (non-hydrogen) atoms. The van der Waals surface area contributed by atoms with Gasteiger partial charge in [-0.25, -0.2) is 19.9 Å². The van der Waals surface area contributed by atoms with E-state index in [-0.39, 0.29) is 0 Å². The lowest BCUT2D eigenvalue weighted by atomic mass is 10.1. The van der Waals surface area contributed by atoms with Crippen LogP contribution in [0.3, 0.4) is 0 Å². The van der Waals surface area contributed by atoms with Gasteiger partial charge in [0.25, 0.3) is 0 Å². The number of piperazine rings is 1. The molecule has 10 heteroatoms. The second-order valence-corrected chi connectivity index (χ2v) is 8.65. The zero-order valence-corrected chi connectivity index (χ0v) is 19.4. The van der Waals surface area contributed by atoms with E-state index < -0.39 is 0 Å². The number of nitrogens with zero attached hydrogens (tertiary/aromatic N) is 6. The summed E-state index contributed by atoms with van der Waals surface area (Å²) in [4.78, 5) is 25.4. The topological polar surface area (TPSA) is 97.9 Å². The minimum absolute atomic E-state index is 0.519. The van der Waals surface area contributed by atoms with Gasteiger partial charge in [-0.1, -0.05) is 17.7 Å². The molecule has 0 unspecified atom stereocenters. The lowest BCUT2D eigenvalue weighted by molar-refractivity contribution is 0.233. The van der Waals surface area contributed by atoms with Gasteiger partial charge in [0, 0.05) is 58.6 Å². The van der Waals surface area contributed by atoms with Gasteiger partial charge >= 0.3 is 0 Å². The third-order valence-electron chi connectivity index (χ3n) is 5.64. The van der Waals surface area contributed by atoms with Crippen LogP contribution in [0.4, 0.5) is 17.6 Å². The van der Waals surface area contributed by atoms with Crippen molar-refractivity contribution in [2.75, 3.05) is 50.5 Å². The number of aromatic amines is 1. The number of anilines is 3. The average molecular weight is 464 g/mol. The zero-order valence-electron chi connectivity index (χ0n) is 18.6. The molecular weight excluding hydrogens is 438 g/mol. The smallest absolute Gasteiger partial charge is 0.206 e. The predicted octanol–water partition coefficient (Wildman–Crippen LogP) is 3.28. The molecule has 4 aromatic rings. The number of nitrogens with one attached hydrogen (secondary N) is 3. The van der Waals surface area contributed by atoms with Gasteiger partial charge in [-0.2, -0.15) is 0 Å². The Morgan fingerprint density at radius 2 is 1.94 bits per heavy atom. The molecule has 5 rings (SSSR count). The zero-order chi connectivity index (χ0) is 22.8. The van der Waals surface area contributed by atoms with Crippen molar-refractivity contribution in [3.63, 3.8) is 0 Å². The number of H-pyrrole nitrogens is 1. The highest BCUT2D eigenvalue weighted by Crippen LogP contribution is 2.33. The molecule has 1 aliphatic heterocycles. The number of aromatic nitrogens is 5. The Labute approximate surface area is 197 Å². The van der Waals surface area contributed by atoms with Crippen molar-refractivity contribution in [1.82, 2.24) is 35.1 Å². The molecule has 1 saturated heterocycles. The van der Waals surface area contributed by atoms with Gasteiger partial charge in [0.15, 0.2) is 5.82 Å². The van der Waals surface area contributed by atoms with Crippen molar-refractivity contribution in [3.8, 4) is 11.3 Å². The van der Waals surface area contributed by atoms with E-state index in [2.05, 4.69) is 52.6 Å². The first-order valence-corrected chi connectivity index (χ1v) is 11.3. The second kappa shape index (κ2) is 9.30. The number of pyridine rings is 1. The Bertz CT molecular complexity index is 1260. The number of hydrogen-bond donors (Lipinski definition) is 3. The van der Waals surface area contributed by atoms with Crippen LogP contribution in [0.15, 0.2) is 42.9 Å². The Kier molecular flexibility index (Phi) is 6.08. The Hall–Kier alpha value is -3.27. The molecule has 0 bridgehead atoms. The Morgan fingerprint density at radius 3 is 2.76 bits per heavy atom. The van der Waals surface area contributed by atoms with Crippen LogP contribution in [0.1, 0.15) is 5.56 Å². The minimum Gasteiger partial charge on any atom is -0.361 e. The molecule has 0 saturated carbocycles. The molecule has 0 aliphatic carbocycles. The van der Waals surface area contributed by atoms with E-state index in [1.807, 2.05) is 43.4 Å². The molecule has 1 aliphatic rings. The van der Waals surface area contributed by atoms with Crippen LogP contribution in [0, 0.1) is 0 Å². The maximum atomic E-state index is 6.57. The van der Waals surface area contributed by atoms with E-state index >= 15 is 0 Å². The Balaban J connectivity index is 1.37. The van der Waals surface area contributed by atoms with Crippen molar-refractivity contribution < 1.29 is 0 Å². The fourth-order valence-corrected chi connectivity index (χ4v) is 4.36. The summed E-state index contributed by atoms with van der Waals surface area (Å²) in [6, 6.07) is 10.0. The van der Waals surface area contributed by atoms with Crippen LogP contribution in [0.5, 0.6) is 0 Å². The first kappa shape index (κ1) is 21.6. The van der Waals surface area contributed by atoms with Crippen LogP contribution < -0.4 is 15.5 Å². The normalized spacial score (nSPS) is 14.5. The minimum atomic E-state index is 0.519. The molecule has 0 spiro atoms. The second-order valence-electron chi connectivity index (χ2n) is 8.27. The van der Waals surface area contributed by atoms with Gasteiger partial charge in [0.1, 0.15) is 17.2 Å². The van der Waals surface area contributed by atoms with E-state index in [1.54, 1.807) is 0 Å². The van der Waals surface area contributed by atoms with Gasteiger partial charge in [0.2, 0.25) is 5.95 Å². The van der Waals surface area contributed by atoms with Crippen LogP contribution in [0.25, 0.3) is 22.3 Å². The highest BCUT2D eigenvalue weighted by Gasteiger charge is 2.14. The summed E-state index contributed by atoms with van der Waals surface area (Å²) in [6.45, 7) is 5.10. The van der Waals surface area contributed by atoms with Gasteiger partial charge < -0.3 is 20.5 Å². The van der Waals surface area contributed by atoms with Crippen LogP contribution in [-0.4, -0.2) is 70.1 Å². The van der Waals surface area contributed by atoms with E-state index in [4.69, 9.17) is 11.6 Å². The predicted molar refractivity (Wildman–Crippen MR) is 132 cm³/mol. The third-order valence-corrected chi connectivity index (χ3v) is 5.98. The summed E-state index contributed by atoms with van der Waals surface area (Å²) in [6.07, 6.45) is 3.36. The summed E-state index contributed by atoms with van der Waals surface area (Å²) in [5.41, 5.74) is 4.53. The fraction of sp³-hybridized carbons (Fsp3) is 0.304. The van der Waals surface area contributed by atoms with Gasteiger partial charge in [-0.3, -0.25) is 4.90 Å². The van der Waals surface area contributed by atoms with Gasteiger partial charge in [-0.15, -0.1) is 0 Å².